The molecule has 1 aliphatic rings. The van der Waals surface area contributed by atoms with Crippen molar-refractivity contribution < 1.29 is 19.1 Å². The topological polar surface area (TPSA) is 57.6 Å². The summed E-state index contributed by atoms with van der Waals surface area (Å²) in [4.78, 5) is 23.9. The van der Waals surface area contributed by atoms with Gasteiger partial charge in [-0.15, -0.1) is 11.8 Å². The predicted molar refractivity (Wildman–Crippen MR) is 78.2 cm³/mol. The zero-order valence-corrected chi connectivity index (χ0v) is 13.0. The maximum absolute atomic E-state index is 13.8. The molecule has 1 heterocycles. The van der Waals surface area contributed by atoms with E-state index in [0.29, 0.717) is 18.5 Å². The number of rotatable bonds is 4. The van der Waals surface area contributed by atoms with E-state index in [-0.39, 0.29) is 29.8 Å². The molecule has 108 valence electrons. The second-order valence-corrected chi connectivity index (χ2v) is 6.28. The third kappa shape index (κ3) is 3.52. The monoisotopic (exact) mass is 361 g/mol. The van der Waals surface area contributed by atoms with Crippen LogP contribution in [0.4, 0.5) is 4.39 Å². The van der Waals surface area contributed by atoms with Crippen molar-refractivity contribution in [2.75, 3.05) is 18.1 Å². The van der Waals surface area contributed by atoms with Gasteiger partial charge < -0.3 is 10.0 Å². The fourth-order valence-electron chi connectivity index (χ4n) is 2.12. The smallest absolute Gasteiger partial charge is 0.313 e. The van der Waals surface area contributed by atoms with Crippen molar-refractivity contribution in [2.24, 2.45) is 0 Å². The van der Waals surface area contributed by atoms with E-state index in [1.807, 2.05) is 0 Å². The van der Waals surface area contributed by atoms with E-state index in [2.05, 4.69) is 15.9 Å². The van der Waals surface area contributed by atoms with Crippen LogP contribution in [0.2, 0.25) is 0 Å². The van der Waals surface area contributed by atoms with Gasteiger partial charge in [-0.1, -0.05) is 15.9 Å². The van der Waals surface area contributed by atoms with Gasteiger partial charge in [-0.05, 0) is 24.1 Å². The van der Waals surface area contributed by atoms with E-state index < -0.39 is 5.97 Å². The lowest BCUT2D eigenvalue weighted by Gasteiger charge is -2.29. The average molecular weight is 362 g/mol. The minimum absolute atomic E-state index is 0.101. The molecule has 1 aliphatic heterocycles. The lowest BCUT2D eigenvalue weighted by Crippen LogP contribution is -2.37. The second kappa shape index (κ2) is 6.58. The van der Waals surface area contributed by atoms with Crippen LogP contribution >= 0.6 is 27.7 Å². The molecule has 0 bridgehead atoms. The normalized spacial score (nSPS) is 14.0. The highest BCUT2D eigenvalue weighted by Crippen LogP contribution is 2.28. The van der Waals surface area contributed by atoms with E-state index in [1.54, 1.807) is 11.0 Å². The summed E-state index contributed by atoms with van der Waals surface area (Å²) >= 11 is 4.45. The molecule has 1 aromatic rings. The molecule has 20 heavy (non-hydrogen) atoms. The molecule has 4 nitrogen and oxygen atoms in total. The Labute approximate surface area is 128 Å². The minimum atomic E-state index is -0.943. The molecule has 0 aliphatic carbocycles. The number of carbonyl (C=O) groups is 2. The van der Waals surface area contributed by atoms with Gasteiger partial charge in [-0.2, -0.15) is 0 Å². The molecule has 7 heteroatoms. The molecule has 0 aromatic heterocycles. The second-order valence-electron chi connectivity index (χ2n) is 4.44. The molecule has 2 rings (SSSR count). The molecule has 0 spiro atoms. The number of hydrogen-bond acceptors (Lipinski definition) is 3. The molecule has 0 unspecified atom stereocenters. The van der Waals surface area contributed by atoms with E-state index >= 15 is 0 Å². The fourth-order valence-corrected chi connectivity index (χ4v) is 3.33. The van der Waals surface area contributed by atoms with Crippen LogP contribution in [0.15, 0.2) is 16.6 Å². The average Bonchev–Trinajstić information content (AvgIpc) is 2.42. The molecule has 1 N–H and O–H groups in total. The SMILES string of the molecule is O=C(O)CSCC(=O)N1CCc2c(Br)ccc(F)c2C1. The Hall–Kier alpha value is -1.08. The molecular formula is C13H13BrFNO3S. The third-order valence-electron chi connectivity index (χ3n) is 3.10. The van der Waals surface area contributed by atoms with Crippen LogP contribution in [0.25, 0.3) is 0 Å². The van der Waals surface area contributed by atoms with E-state index in [0.717, 1.165) is 21.8 Å². The Bertz CT molecular complexity index is 553. The van der Waals surface area contributed by atoms with Crippen LogP contribution < -0.4 is 0 Å². The van der Waals surface area contributed by atoms with Crippen molar-refractivity contribution in [3.05, 3.63) is 33.5 Å². The summed E-state index contributed by atoms with van der Waals surface area (Å²) in [5.74, 6) is -1.39. The van der Waals surface area contributed by atoms with Crippen LogP contribution in [0, 0.1) is 5.82 Å². The summed E-state index contributed by atoms with van der Waals surface area (Å²) in [6.07, 6.45) is 0.600. The van der Waals surface area contributed by atoms with Gasteiger partial charge in [0, 0.05) is 23.1 Å². The number of carboxylic acids is 1. The first-order valence-electron chi connectivity index (χ1n) is 6.02. The van der Waals surface area contributed by atoms with Crippen LogP contribution in [0.3, 0.4) is 0 Å². The molecule has 0 radical (unpaired) electrons. The number of hydrogen-bond donors (Lipinski definition) is 1. The number of carbonyl (C=O) groups excluding carboxylic acids is 1. The number of nitrogens with zero attached hydrogens (tertiary/aromatic N) is 1. The Balaban J connectivity index is 2.02. The minimum Gasteiger partial charge on any atom is -0.481 e. The summed E-state index contributed by atoms with van der Waals surface area (Å²) in [5, 5.41) is 8.53. The number of amides is 1. The van der Waals surface area contributed by atoms with Crippen molar-refractivity contribution >= 4 is 39.6 Å². The number of fused-ring (bicyclic) bond motifs is 1. The first-order chi connectivity index (χ1) is 9.49. The lowest BCUT2D eigenvalue weighted by molar-refractivity contribution is -0.133. The predicted octanol–water partition coefficient (Wildman–Crippen LogP) is 2.29. The Morgan fingerprint density at radius 1 is 1.35 bits per heavy atom. The highest BCUT2D eigenvalue weighted by atomic mass is 79.9. The van der Waals surface area contributed by atoms with Gasteiger partial charge in [0.2, 0.25) is 5.91 Å². The molecule has 0 saturated heterocycles. The summed E-state index contributed by atoms with van der Waals surface area (Å²) in [6, 6.07) is 3.06. The zero-order chi connectivity index (χ0) is 14.7. The van der Waals surface area contributed by atoms with Gasteiger partial charge in [-0.25, -0.2) is 4.39 Å². The van der Waals surface area contributed by atoms with Gasteiger partial charge in [-0.3, -0.25) is 9.59 Å². The molecule has 0 saturated carbocycles. The van der Waals surface area contributed by atoms with Crippen LogP contribution in [0.5, 0.6) is 0 Å². The first kappa shape index (κ1) is 15.3. The quantitative estimate of drug-likeness (QED) is 0.893. The summed E-state index contributed by atoms with van der Waals surface area (Å²) in [5.41, 5.74) is 1.45. The maximum Gasteiger partial charge on any atom is 0.313 e. The van der Waals surface area contributed by atoms with E-state index in [4.69, 9.17) is 5.11 Å². The van der Waals surface area contributed by atoms with Crippen LogP contribution in [-0.4, -0.2) is 39.9 Å². The highest BCUT2D eigenvalue weighted by molar-refractivity contribution is 9.10. The fraction of sp³-hybridized carbons (Fsp3) is 0.385. The van der Waals surface area contributed by atoms with Crippen LogP contribution in [-0.2, 0) is 22.6 Å². The Kier molecular flexibility index (Phi) is 5.04. The van der Waals surface area contributed by atoms with Crippen LogP contribution in [0.1, 0.15) is 11.1 Å². The molecule has 0 atom stereocenters. The Morgan fingerprint density at radius 3 is 2.80 bits per heavy atom. The van der Waals surface area contributed by atoms with Crippen molar-refractivity contribution in [1.29, 1.82) is 0 Å². The Morgan fingerprint density at radius 2 is 2.10 bits per heavy atom. The molecule has 1 aromatic carbocycles. The van der Waals surface area contributed by atoms with Crippen molar-refractivity contribution in [3.8, 4) is 0 Å². The van der Waals surface area contributed by atoms with Crippen molar-refractivity contribution in [3.63, 3.8) is 0 Å². The van der Waals surface area contributed by atoms with Crippen molar-refractivity contribution in [1.82, 2.24) is 4.90 Å². The highest BCUT2D eigenvalue weighted by Gasteiger charge is 2.24. The lowest BCUT2D eigenvalue weighted by atomic mass is 9.99. The third-order valence-corrected chi connectivity index (χ3v) is 4.75. The molecule has 1 amide bonds. The van der Waals surface area contributed by atoms with Gasteiger partial charge in [0.1, 0.15) is 5.82 Å². The summed E-state index contributed by atoms with van der Waals surface area (Å²) in [6.45, 7) is 0.772. The molecular weight excluding hydrogens is 349 g/mol. The van der Waals surface area contributed by atoms with Gasteiger partial charge in [0.25, 0.3) is 0 Å². The number of aliphatic carboxylic acids is 1. The maximum atomic E-state index is 13.8. The van der Waals surface area contributed by atoms with Crippen molar-refractivity contribution in [2.45, 2.75) is 13.0 Å². The first-order valence-corrected chi connectivity index (χ1v) is 7.97. The standard InChI is InChI=1S/C13H13BrFNO3S/c14-10-1-2-11(15)9-5-16(4-3-8(9)10)12(17)6-20-7-13(18)19/h1-2H,3-7H2,(H,18,19). The number of carboxylic acid groups (broad SMARTS) is 1. The largest absolute Gasteiger partial charge is 0.481 e. The van der Waals surface area contributed by atoms with E-state index in [1.165, 1.54) is 6.07 Å². The summed E-state index contributed by atoms with van der Waals surface area (Å²) < 4.78 is 14.7. The van der Waals surface area contributed by atoms with Gasteiger partial charge >= 0.3 is 5.97 Å². The number of halogens is 2. The van der Waals surface area contributed by atoms with E-state index in [9.17, 15) is 14.0 Å². The zero-order valence-electron chi connectivity index (χ0n) is 10.6. The van der Waals surface area contributed by atoms with Gasteiger partial charge in [0.05, 0.1) is 11.5 Å². The summed E-state index contributed by atoms with van der Waals surface area (Å²) in [7, 11) is 0. The number of thioether (sulfide) groups is 1. The van der Waals surface area contributed by atoms with Gasteiger partial charge in [0.15, 0.2) is 0 Å². The molecule has 0 fully saturated rings. The number of benzene rings is 1.